The fourth-order valence-electron chi connectivity index (χ4n) is 1.23. The van der Waals surface area contributed by atoms with E-state index in [0.717, 1.165) is 12.8 Å². The molecule has 0 N–H and O–H groups in total. The summed E-state index contributed by atoms with van der Waals surface area (Å²) >= 11 is 0. The van der Waals surface area contributed by atoms with Gasteiger partial charge in [-0.3, -0.25) is 10.1 Å². The summed E-state index contributed by atoms with van der Waals surface area (Å²) in [6.45, 7) is 5.69. The van der Waals surface area contributed by atoms with Crippen molar-refractivity contribution in [2.45, 2.75) is 25.9 Å². The Morgan fingerprint density at radius 3 is 2.53 bits per heavy atom. The monoisotopic (exact) mass is 208 g/mol. The van der Waals surface area contributed by atoms with Crippen LogP contribution >= 0.6 is 0 Å². The zero-order chi connectivity index (χ0) is 11.3. The highest BCUT2D eigenvalue weighted by atomic mass is 16.6. The molecule has 0 saturated heterocycles. The Morgan fingerprint density at radius 1 is 1.47 bits per heavy atom. The lowest BCUT2D eigenvalue weighted by molar-refractivity contribution is -0.384. The molecule has 0 aromatic heterocycles. The average molecular weight is 208 g/mol. The number of ether oxygens (including phenoxy) is 1. The van der Waals surface area contributed by atoms with Crippen molar-refractivity contribution in [3.63, 3.8) is 0 Å². The van der Waals surface area contributed by atoms with E-state index < -0.39 is 4.92 Å². The molecule has 0 aliphatic carbocycles. The average Bonchev–Trinajstić information content (AvgIpc) is 2.18. The fraction of sp³-hybridized carbons (Fsp3) is 0.364. The Balaban J connectivity index is 2.60. The van der Waals surface area contributed by atoms with Crippen LogP contribution in [0.4, 0.5) is 5.69 Å². The van der Waals surface area contributed by atoms with Gasteiger partial charge in [0, 0.05) is 12.1 Å². The maximum atomic E-state index is 10.4. The van der Waals surface area contributed by atoms with E-state index in [9.17, 15) is 10.1 Å². The summed E-state index contributed by atoms with van der Waals surface area (Å²) in [5, 5.41) is 10.4. The van der Waals surface area contributed by atoms with E-state index >= 15 is 0 Å². The standard InChI is InChI=1S/C11H14NO3/c1-3-4-9(2)15-11-7-5-10(6-8-11)12(13)14/h5-9H,1,3-4H2,2H3. The third-order valence-electron chi connectivity index (χ3n) is 2.00. The lowest BCUT2D eigenvalue weighted by Crippen LogP contribution is -2.10. The molecule has 1 rings (SSSR count). The molecule has 1 aromatic rings. The first-order valence-electron chi connectivity index (χ1n) is 4.84. The summed E-state index contributed by atoms with van der Waals surface area (Å²) in [4.78, 5) is 9.97. The Kier molecular flexibility index (Phi) is 4.09. The van der Waals surface area contributed by atoms with Crippen molar-refractivity contribution in [3.8, 4) is 5.75 Å². The number of rotatable bonds is 5. The first-order valence-corrected chi connectivity index (χ1v) is 4.84. The first kappa shape index (κ1) is 11.5. The Labute approximate surface area is 89.0 Å². The summed E-state index contributed by atoms with van der Waals surface area (Å²) in [7, 11) is 0. The van der Waals surface area contributed by atoms with E-state index in [2.05, 4.69) is 6.92 Å². The van der Waals surface area contributed by atoms with Crippen LogP contribution in [0.2, 0.25) is 0 Å². The van der Waals surface area contributed by atoms with Crippen molar-refractivity contribution in [2.24, 2.45) is 0 Å². The molecule has 0 aliphatic heterocycles. The van der Waals surface area contributed by atoms with Gasteiger partial charge >= 0.3 is 0 Å². The van der Waals surface area contributed by atoms with Gasteiger partial charge in [0.05, 0.1) is 11.0 Å². The van der Waals surface area contributed by atoms with Gasteiger partial charge in [0.25, 0.3) is 5.69 Å². The Bertz CT molecular complexity index is 321. The maximum absolute atomic E-state index is 10.4. The third-order valence-corrected chi connectivity index (χ3v) is 2.00. The van der Waals surface area contributed by atoms with Crippen LogP contribution in [-0.2, 0) is 0 Å². The molecule has 1 aromatic carbocycles. The summed E-state index contributed by atoms with van der Waals surface area (Å²) in [6.07, 6.45) is 1.77. The molecule has 4 nitrogen and oxygen atoms in total. The van der Waals surface area contributed by atoms with Crippen molar-refractivity contribution < 1.29 is 9.66 Å². The second-order valence-electron chi connectivity index (χ2n) is 3.32. The highest BCUT2D eigenvalue weighted by Gasteiger charge is 2.06. The molecule has 0 saturated carbocycles. The molecule has 0 heterocycles. The van der Waals surface area contributed by atoms with Crippen LogP contribution in [0.3, 0.4) is 0 Å². The molecule has 4 heteroatoms. The van der Waals surface area contributed by atoms with Crippen LogP contribution in [0.25, 0.3) is 0 Å². The Hall–Kier alpha value is -1.58. The van der Waals surface area contributed by atoms with Crippen molar-refractivity contribution in [2.75, 3.05) is 0 Å². The first-order chi connectivity index (χ1) is 7.13. The van der Waals surface area contributed by atoms with Gasteiger partial charge in [-0.25, -0.2) is 0 Å². The van der Waals surface area contributed by atoms with Crippen molar-refractivity contribution in [1.29, 1.82) is 0 Å². The molecular weight excluding hydrogens is 194 g/mol. The summed E-state index contributed by atoms with van der Waals surface area (Å²) in [5.41, 5.74) is 0.0761. The number of nitro groups is 1. The topological polar surface area (TPSA) is 52.4 Å². The van der Waals surface area contributed by atoms with Crippen molar-refractivity contribution in [3.05, 3.63) is 41.3 Å². The number of benzene rings is 1. The molecule has 1 radical (unpaired) electrons. The predicted octanol–water partition coefficient (Wildman–Crippen LogP) is 2.98. The molecule has 1 atom stereocenters. The van der Waals surface area contributed by atoms with E-state index in [1.165, 1.54) is 12.1 Å². The van der Waals surface area contributed by atoms with Crippen LogP contribution < -0.4 is 4.74 Å². The van der Waals surface area contributed by atoms with Gasteiger partial charge in [-0.1, -0.05) is 6.92 Å². The van der Waals surface area contributed by atoms with Gasteiger partial charge in [0.2, 0.25) is 0 Å². The second-order valence-corrected chi connectivity index (χ2v) is 3.32. The minimum absolute atomic E-state index is 0.0761. The predicted molar refractivity (Wildman–Crippen MR) is 57.8 cm³/mol. The van der Waals surface area contributed by atoms with E-state index in [-0.39, 0.29) is 11.8 Å². The summed E-state index contributed by atoms with van der Waals surface area (Å²) in [6, 6.07) is 6.09. The molecule has 0 spiro atoms. The number of nitrogens with zero attached hydrogens (tertiary/aromatic N) is 1. The number of hydrogen-bond acceptors (Lipinski definition) is 3. The molecule has 0 aliphatic rings. The zero-order valence-electron chi connectivity index (χ0n) is 8.68. The molecule has 15 heavy (non-hydrogen) atoms. The van der Waals surface area contributed by atoms with Crippen molar-refractivity contribution in [1.82, 2.24) is 0 Å². The van der Waals surface area contributed by atoms with E-state index in [1.807, 2.05) is 6.92 Å². The number of non-ortho nitro benzene ring substituents is 1. The normalized spacial score (nSPS) is 12.1. The zero-order valence-corrected chi connectivity index (χ0v) is 8.68. The lowest BCUT2D eigenvalue weighted by Gasteiger charge is -2.13. The van der Waals surface area contributed by atoms with E-state index in [0.29, 0.717) is 5.75 Å². The van der Waals surface area contributed by atoms with Crippen LogP contribution in [0.15, 0.2) is 24.3 Å². The van der Waals surface area contributed by atoms with Gasteiger partial charge in [-0.15, -0.1) is 0 Å². The van der Waals surface area contributed by atoms with Gasteiger partial charge in [-0.05, 0) is 31.9 Å². The quantitative estimate of drug-likeness (QED) is 0.552. The van der Waals surface area contributed by atoms with Gasteiger partial charge < -0.3 is 4.74 Å². The maximum Gasteiger partial charge on any atom is 0.269 e. The minimum atomic E-state index is -0.427. The molecule has 0 bridgehead atoms. The van der Waals surface area contributed by atoms with E-state index in [4.69, 9.17) is 4.74 Å². The molecule has 0 amide bonds. The van der Waals surface area contributed by atoms with Crippen molar-refractivity contribution >= 4 is 5.69 Å². The molecule has 81 valence electrons. The minimum Gasteiger partial charge on any atom is -0.491 e. The second kappa shape index (κ2) is 5.34. The smallest absolute Gasteiger partial charge is 0.269 e. The van der Waals surface area contributed by atoms with Gasteiger partial charge in [0.1, 0.15) is 5.75 Å². The summed E-state index contributed by atoms with van der Waals surface area (Å²) in [5.74, 6) is 0.654. The highest BCUT2D eigenvalue weighted by molar-refractivity contribution is 5.36. The number of hydrogen-bond donors (Lipinski definition) is 0. The summed E-state index contributed by atoms with van der Waals surface area (Å²) < 4.78 is 5.53. The molecular formula is C11H14NO3. The Morgan fingerprint density at radius 2 is 2.07 bits per heavy atom. The lowest BCUT2D eigenvalue weighted by atomic mass is 10.2. The largest absolute Gasteiger partial charge is 0.491 e. The number of nitro benzene ring substituents is 1. The van der Waals surface area contributed by atoms with Gasteiger partial charge in [0.15, 0.2) is 0 Å². The van der Waals surface area contributed by atoms with E-state index in [1.54, 1.807) is 12.1 Å². The van der Waals surface area contributed by atoms with Gasteiger partial charge in [-0.2, -0.15) is 0 Å². The van der Waals surface area contributed by atoms with Crippen LogP contribution in [0, 0.1) is 17.0 Å². The highest BCUT2D eigenvalue weighted by Crippen LogP contribution is 2.19. The van der Waals surface area contributed by atoms with Crippen LogP contribution in [0.5, 0.6) is 5.75 Å². The fourth-order valence-corrected chi connectivity index (χ4v) is 1.23. The SMILES string of the molecule is [CH2]CCC(C)Oc1ccc([N+](=O)[O-])cc1. The molecule has 0 fully saturated rings. The third kappa shape index (κ3) is 3.58. The van der Waals surface area contributed by atoms with Crippen LogP contribution in [-0.4, -0.2) is 11.0 Å². The van der Waals surface area contributed by atoms with Crippen LogP contribution in [0.1, 0.15) is 19.8 Å². The molecule has 1 unspecified atom stereocenters.